The molecule has 0 aliphatic carbocycles. The Kier molecular flexibility index (Phi) is 4.30. The lowest BCUT2D eigenvalue weighted by Crippen LogP contribution is -2.34. The number of likely N-dealkylation sites (N-methyl/N-ethyl adjacent to an activating group) is 1. The molecule has 17 heavy (non-hydrogen) atoms. The monoisotopic (exact) mass is 266 g/mol. The molecule has 2 heterocycles. The van der Waals surface area contributed by atoms with Crippen molar-refractivity contribution >= 4 is 28.6 Å². The van der Waals surface area contributed by atoms with Crippen LogP contribution in [0.2, 0.25) is 0 Å². The van der Waals surface area contributed by atoms with Crippen LogP contribution in [0.3, 0.4) is 0 Å². The van der Waals surface area contributed by atoms with Gasteiger partial charge in [0.05, 0.1) is 12.6 Å². The van der Waals surface area contributed by atoms with Crippen LogP contribution < -0.4 is 10.6 Å². The van der Waals surface area contributed by atoms with Crippen molar-refractivity contribution in [3.63, 3.8) is 0 Å². The van der Waals surface area contributed by atoms with E-state index in [-0.39, 0.29) is 11.9 Å². The molecule has 1 amide bonds. The fourth-order valence-corrected chi connectivity index (χ4v) is 3.23. The van der Waals surface area contributed by atoms with Crippen LogP contribution in [0.4, 0.5) is 0 Å². The van der Waals surface area contributed by atoms with E-state index in [2.05, 4.69) is 22.8 Å². The average molecular weight is 266 g/mol. The summed E-state index contributed by atoms with van der Waals surface area (Å²) in [5.74, 6) is 0.0132. The molecule has 0 radical (unpaired) electrons. The van der Waals surface area contributed by atoms with Crippen LogP contribution in [-0.2, 0) is 4.79 Å². The molecule has 0 aliphatic rings. The Morgan fingerprint density at radius 1 is 1.24 bits per heavy atom. The number of carbonyl (C=O) groups is 1. The van der Waals surface area contributed by atoms with Crippen LogP contribution in [0.25, 0.3) is 0 Å². The van der Waals surface area contributed by atoms with Gasteiger partial charge in [-0.2, -0.15) is 0 Å². The Morgan fingerprint density at radius 2 is 1.82 bits per heavy atom. The lowest BCUT2D eigenvalue weighted by molar-refractivity contribution is -0.120. The normalized spacial score (nSPS) is 10.7. The van der Waals surface area contributed by atoms with Gasteiger partial charge >= 0.3 is 0 Å². The van der Waals surface area contributed by atoms with Gasteiger partial charge in [-0.25, -0.2) is 0 Å². The van der Waals surface area contributed by atoms with Crippen molar-refractivity contribution in [3.8, 4) is 0 Å². The molecule has 0 unspecified atom stereocenters. The number of carbonyl (C=O) groups excluding carboxylic acids is 1. The molecule has 0 bridgehead atoms. The molecule has 0 saturated carbocycles. The molecule has 2 aromatic rings. The highest BCUT2D eigenvalue weighted by atomic mass is 32.1. The summed E-state index contributed by atoms with van der Waals surface area (Å²) < 4.78 is 0. The highest BCUT2D eigenvalue weighted by Gasteiger charge is 2.18. The summed E-state index contributed by atoms with van der Waals surface area (Å²) in [5, 5.41) is 9.96. The fraction of sp³-hybridized carbons (Fsp3) is 0.250. The Labute approximate surface area is 108 Å². The molecule has 0 saturated heterocycles. The van der Waals surface area contributed by atoms with Gasteiger partial charge in [0, 0.05) is 9.75 Å². The Balaban J connectivity index is 2.17. The van der Waals surface area contributed by atoms with Crippen LogP contribution in [0, 0.1) is 0 Å². The number of thiophene rings is 2. The first-order valence-corrected chi connectivity index (χ1v) is 7.08. The summed E-state index contributed by atoms with van der Waals surface area (Å²) in [7, 11) is 1.77. The molecule has 90 valence electrons. The van der Waals surface area contributed by atoms with Crippen LogP contribution in [0.1, 0.15) is 15.8 Å². The van der Waals surface area contributed by atoms with Crippen LogP contribution in [0.15, 0.2) is 35.0 Å². The average Bonchev–Trinajstić information content (AvgIpc) is 3.00. The molecule has 5 heteroatoms. The van der Waals surface area contributed by atoms with E-state index < -0.39 is 0 Å². The molecule has 0 aliphatic heterocycles. The minimum atomic E-state index is -0.0177. The van der Waals surface area contributed by atoms with Gasteiger partial charge in [0.25, 0.3) is 0 Å². The predicted molar refractivity (Wildman–Crippen MR) is 72.6 cm³/mol. The van der Waals surface area contributed by atoms with Gasteiger partial charge in [-0.05, 0) is 29.9 Å². The minimum absolute atomic E-state index is 0.0132. The number of hydrogen-bond acceptors (Lipinski definition) is 4. The lowest BCUT2D eigenvalue weighted by atomic mass is 10.2. The molecule has 0 aromatic carbocycles. The second kappa shape index (κ2) is 5.95. The van der Waals surface area contributed by atoms with Crippen LogP contribution in [0.5, 0.6) is 0 Å². The van der Waals surface area contributed by atoms with Crippen molar-refractivity contribution in [2.24, 2.45) is 0 Å². The summed E-state index contributed by atoms with van der Waals surface area (Å²) in [5.41, 5.74) is 0. The maximum atomic E-state index is 11.7. The molecular weight excluding hydrogens is 252 g/mol. The van der Waals surface area contributed by atoms with E-state index in [4.69, 9.17) is 0 Å². The van der Waals surface area contributed by atoms with E-state index in [1.165, 1.54) is 0 Å². The smallest absolute Gasteiger partial charge is 0.234 e. The Bertz CT molecular complexity index is 417. The van der Waals surface area contributed by atoms with Crippen LogP contribution in [-0.4, -0.2) is 19.5 Å². The van der Waals surface area contributed by atoms with E-state index in [1.807, 2.05) is 22.9 Å². The quantitative estimate of drug-likeness (QED) is 0.871. The molecular formula is C12H14N2OS2. The molecule has 0 fully saturated rings. The zero-order valence-electron chi connectivity index (χ0n) is 9.47. The van der Waals surface area contributed by atoms with Gasteiger partial charge in [-0.15, -0.1) is 22.7 Å². The molecule has 0 atom stereocenters. The van der Waals surface area contributed by atoms with Crippen molar-refractivity contribution in [1.82, 2.24) is 10.6 Å². The largest absolute Gasteiger partial charge is 0.342 e. The van der Waals surface area contributed by atoms with Gasteiger partial charge in [-0.1, -0.05) is 12.1 Å². The number of amides is 1. The lowest BCUT2D eigenvalue weighted by Gasteiger charge is -2.16. The Morgan fingerprint density at radius 3 is 2.24 bits per heavy atom. The zero-order chi connectivity index (χ0) is 12.1. The summed E-state index contributed by atoms with van der Waals surface area (Å²) in [6, 6.07) is 8.09. The summed E-state index contributed by atoms with van der Waals surface area (Å²) in [6.07, 6.45) is 0. The van der Waals surface area contributed by atoms with E-state index in [1.54, 1.807) is 29.7 Å². The van der Waals surface area contributed by atoms with E-state index in [9.17, 15) is 4.79 Å². The Hall–Kier alpha value is -1.17. The topological polar surface area (TPSA) is 41.1 Å². The van der Waals surface area contributed by atoms with Gasteiger partial charge in [0.1, 0.15) is 0 Å². The molecule has 3 nitrogen and oxygen atoms in total. The predicted octanol–water partition coefficient (Wildman–Crippen LogP) is 2.23. The third-order valence-corrected chi connectivity index (χ3v) is 4.17. The summed E-state index contributed by atoms with van der Waals surface area (Å²) in [6.45, 7) is 0.341. The first-order valence-electron chi connectivity index (χ1n) is 5.32. The number of nitrogens with one attached hydrogen (secondary N) is 2. The first kappa shape index (κ1) is 12.3. The minimum Gasteiger partial charge on any atom is -0.342 e. The van der Waals surface area contributed by atoms with Gasteiger partial charge in [0.2, 0.25) is 5.91 Å². The molecule has 2 aromatic heterocycles. The van der Waals surface area contributed by atoms with E-state index >= 15 is 0 Å². The summed E-state index contributed by atoms with van der Waals surface area (Å²) >= 11 is 3.32. The molecule has 0 spiro atoms. The molecule has 2 N–H and O–H groups in total. The van der Waals surface area contributed by atoms with Crippen LogP contribution >= 0.6 is 22.7 Å². The van der Waals surface area contributed by atoms with Crippen molar-refractivity contribution in [1.29, 1.82) is 0 Å². The maximum Gasteiger partial charge on any atom is 0.234 e. The third kappa shape index (κ3) is 3.15. The standard InChI is InChI=1S/C12H14N2OS2/c1-13-8-11(15)14-12(9-4-2-6-16-9)10-5-3-7-17-10/h2-7,12-13H,8H2,1H3,(H,14,15). The van der Waals surface area contributed by atoms with Gasteiger partial charge < -0.3 is 10.6 Å². The maximum absolute atomic E-state index is 11.7. The van der Waals surface area contributed by atoms with Gasteiger partial charge in [-0.3, -0.25) is 4.79 Å². The molecule has 2 rings (SSSR count). The van der Waals surface area contributed by atoms with Crippen molar-refractivity contribution in [2.75, 3.05) is 13.6 Å². The fourth-order valence-electron chi connectivity index (χ4n) is 1.57. The third-order valence-electron chi connectivity index (χ3n) is 2.30. The highest BCUT2D eigenvalue weighted by Crippen LogP contribution is 2.28. The number of hydrogen-bond donors (Lipinski definition) is 2. The first-order chi connectivity index (χ1) is 8.31. The number of rotatable bonds is 5. The van der Waals surface area contributed by atoms with Crippen molar-refractivity contribution in [3.05, 3.63) is 44.8 Å². The van der Waals surface area contributed by atoms with Crippen molar-refractivity contribution < 1.29 is 4.79 Å². The summed E-state index contributed by atoms with van der Waals surface area (Å²) in [4.78, 5) is 14.0. The van der Waals surface area contributed by atoms with Gasteiger partial charge in [0.15, 0.2) is 0 Å². The second-order valence-electron chi connectivity index (χ2n) is 3.56. The highest BCUT2D eigenvalue weighted by molar-refractivity contribution is 7.11. The van der Waals surface area contributed by atoms with E-state index in [0.717, 1.165) is 9.75 Å². The second-order valence-corrected chi connectivity index (χ2v) is 5.52. The SMILES string of the molecule is CNCC(=O)NC(c1cccs1)c1cccs1. The van der Waals surface area contributed by atoms with E-state index in [0.29, 0.717) is 6.54 Å². The van der Waals surface area contributed by atoms with Crippen molar-refractivity contribution in [2.45, 2.75) is 6.04 Å². The zero-order valence-corrected chi connectivity index (χ0v) is 11.1.